The highest BCUT2D eigenvalue weighted by Gasteiger charge is 2.29. The maximum Gasteiger partial charge on any atom is 0.228 e. The standard InChI is InChI=1S/C7H8ClN3O/c8-5-3-6(11-10-5)9-7(12)4-1-2-4/h3-4H,1-2H2,(H2,9,10,11,12). The van der Waals surface area contributed by atoms with Gasteiger partial charge in [-0.2, -0.15) is 5.10 Å². The molecule has 0 unspecified atom stereocenters. The molecule has 0 saturated heterocycles. The molecule has 0 bridgehead atoms. The van der Waals surface area contributed by atoms with Crippen LogP contribution in [0.3, 0.4) is 0 Å². The number of aromatic amines is 1. The normalized spacial score (nSPS) is 16.1. The number of amides is 1. The second-order valence-corrected chi connectivity index (χ2v) is 3.27. The first-order valence-corrected chi connectivity index (χ1v) is 4.15. The van der Waals surface area contributed by atoms with Gasteiger partial charge in [-0.05, 0) is 12.8 Å². The Hall–Kier alpha value is -1.03. The molecule has 0 spiro atoms. The van der Waals surface area contributed by atoms with Crippen molar-refractivity contribution in [1.29, 1.82) is 0 Å². The quantitative estimate of drug-likeness (QED) is 0.732. The zero-order chi connectivity index (χ0) is 8.55. The summed E-state index contributed by atoms with van der Waals surface area (Å²) in [5, 5.41) is 9.40. The predicted octanol–water partition coefficient (Wildman–Crippen LogP) is 1.41. The third-order valence-corrected chi connectivity index (χ3v) is 1.94. The third kappa shape index (κ3) is 1.58. The average molecular weight is 186 g/mol. The number of rotatable bonds is 2. The van der Waals surface area contributed by atoms with Gasteiger partial charge in [-0.3, -0.25) is 9.89 Å². The van der Waals surface area contributed by atoms with Crippen molar-refractivity contribution < 1.29 is 4.79 Å². The molecule has 1 aliphatic rings. The van der Waals surface area contributed by atoms with Crippen LogP contribution in [0.1, 0.15) is 12.8 Å². The summed E-state index contributed by atoms with van der Waals surface area (Å²) in [7, 11) is 0. The Morgan fingerprint density at radius 1 is 1.75 bits per heavy atom. The van der Waals surface area contributed by atoms with Crippen molar-refractivity contribution in [2.45, 2.75) is 12.8 Å². The third-order valence-electron chi connectivity index (χ3n) is 1.75. The molecule has 1 saturated carbocycles. The minimum atomic E-state index is 0.0400. The maximum atomic E-state index is 11.2. The summed E-state index contributed by atoms with van der Waals surface area (Å²) >= 11 is 5.57. The SMILES string of the molecule is O=C(Nc1cc(Cl)[nH]n1)C1CC1. The van der Waals surface area contributed by atoms with Crippen molar-refractivity contribution in [3.05, 3.63) is 11.2 Å². The Bertz CT molecular complexity index is 305. The van der Waals surface area contributed by atoms with Crippen LogP contribution >= 0.6 is 11.6 Å². The van der Waals surface area contributed by atoms with Gasteiger partial charge in [0.25, 0.3) is 0 Å². The molecule has 4 nitrogen and oxygen atoms in total. The lowest BCUT2D eigenvalue weighted by Gasteiger charge is -1.96. The fourth-order valence-electron chi connectivity index (χ4n) is 0.936. The van der Waals surface area contributed by atoms with E-state index < -0.39 is 0 Å². The molecule has 0 atom stereocenters. The van der Waals surface area contributed by atoms with E-state index in [4.69, 9.17) is 11.6 Å². The van der Waals surface area contributed by atoms with Gasteiger partial charge in [-0.25, -0.2) is 0 Å². The summed E-state index contributed by atoms with van der Waals surface area (Å²) in [6, 6.07) is 1.59. The first-order chi connectivity index (χ1) is 5.75. The Labute approximate surface area is 74.3 Å². The summed E-state index contributed by atoms with van der Waals surface area (Å²) in [5.41, 5.74) is 0. The number of anilines is 1. The molecule has 1 heterocycles. The van der Waals surface area contributed by atoms with E-state index in [1.807, 2.05) is 0 Å². The first kappa shape index (κ1) is 7.61. The minimum absolute atomic E-state index is 0.0400. The van der Waals surface area contributed by atoms with Crippen LogP contribution in [0, 0.1) is 5.92 Å². The van der Waals surface area contributed by atoms with Crippen LogP contribution in [0.5, 0.6) is 0 Å². The molecule has 2 N–H and O–H groups in total. The van der Waals surface area contributed by atoms with Crippen LogP contribution in [-0.4, -0.2) is 16.1 Å². The number of hydrogen-bond donors (Lipinski definition) is 2. The van der Waals surface area contributed by atoms with E-state index in [-0.39, 0.29) is 11.8 Å². The highest BCUT2D eigenvalue weighted by molar-refractivity contribution is 6.29. The van der Waals surface area contributed by atoms with Gasteiger partial charge in [0.1, 0.15) is 5.15 Å². The first-order valence-electron chi connectivity index (χ1n) is 3.77. The van der Waals surface area contributed by atoms with Crippen LogP contribution in [0.25, 0.3) is 0 Å². The second-order valence-electron chi connectivity index (χ2n) is 2.86. The fourth-order valence-corrected chi connectivity index (χ4v) is 1.08. The van der Waals surface area contributed by atoms with Gasteiger partial charge >= 0.3 is 0 Å². The smallest absolute Gasteiger partial charge is 0.228 e. The molecule has 1 fully saturated rings. The Morgan fingerprint density at radius 2 is 2.50 bits per heavy atom. The van der Waals surface area contributed by atoms with Crippen LogP contribution in [0.4, 0.5) is 5.82 Å². The van der Waals surface area contributed by atoms with Gasteiger partial charge < -0.3 is 5.32 Å². The molecule has 1 aromatic rings. The molecule has 12 heavy (non-hydrogen) atoms. The zero-order valence-electron chi connectivity index (χ0n) is 6.30. The van der Waals surface area contributed by atoms with E-state index >= 15 is 0 Å². The Morgan fingerprint density at radius 3 is 3.00 bits per heavy atom. The minimum Gasteiger partial charge on any atom is -0.309 e. The summed E-state index contributed by atoms with van der Waals surface area (Å²) in [6.45, 7) is 0. The highest BCUT2D eigenvalue weighted by atomic mass is 35.5. The number of nitrogens with zero attached hydrogens (tertiary/aromatic N) is 1. The van der Waals surface area contributed by atoms with E-state index in [9.17, 15) is 4.79 Å². The average Bonchev–Trinajstić information content (AvgIpc) is 2.78. The highest BCUT2D eigenvalue weighted by Crippen LogP contribution is 2.30. The fraction of sp³-hybridized carbons (Fsp3) is 0.429. The van der Waals surface area contributed by atoms with Crippen LogP contribution in [-0.2, 0) is 4.79 Å². The van der Waals surface area contributed by atoms with Crippen molar-refractivity contribution in [2.75, 3.05) is 5.32 Å². The number of aromatic nitrogens is 2. The number of carbonyl (C=O) groups excluding carboxylic acids is 1. The lowest BCUT2D eigenvalue weighted by molar-refractivity contribution is -0.117. The Balaban J connectivity index is 1.98. The van der Waals surface area contributed by atoms with E-state index in [2.05, 4.69) is 15.5 Å². The van der Waals surface area contributed by atoms with E-state index in [0.29, 0.717) is 11.0 Å². The number of H-pyrrole nitrogens is 1. The molecule has 1 aromatic heterocycles. The van der Waals surface area contributed by atoms with E-state index in [0.717, 1.165) is 12.8 Å². The lowest BCUT2D eigenvalue weighted by atomic mass is 10.4. The number of nitrogens with one attached hydrogen (secondary N) is 2. The molecule has 2 rings (SSSR count). The van der Waals surface area contributed by atoms with Crippen LogP contribution in [0.2, 0.25) is 5.15 Å². The molecule has 1 aliphatic carbocycles. The van der Waals surface area contributed by atoms with E-state index in [1.165, 1.54) is 0 Å². The second kappa shape index (κ2) is 2.79. The summed E-state index contributed by atoms with van der Waals surface area (Å²) in [5.74, 6) is 0.732. The van der Waals surface area contributed by atoms with Gasteiger partial charge in [-0.1, -0.05) is 11.6 Å². The summed E-state index contributed by atoms with van der Waals surface area (Å²) in [4.78, 5) is 11.2. The molecule has 0 aliphatic heterocycles. The summed E-state index contributed by atoms with van der Waals surface area (Å²) < 4.78 is 0. The van der Waals surface area contributed by atoms with Crippen molar-refractivity contribution in [1.82, 2.24) is 10.2 Å². The van der Waals surface area contributed by atoms with Crippen LogP contribution in [0.15, 0.2) is 6.07 Å². The molecule has 5 heteroatoms. The van der Waals surface area contributed by atoms with Crippen molar-refractivity contribution in [3.63, 3.8) is 0 Å². The molecule has 1 amide bonds. The molecule has 0 radical (unpaired) electrons. The number of hydrogen-bond acceptors (Lipinski definition) is 2. The monoisotopic (exact) mass is 185 g/mol. The Kier molecular flexibility index (Phi) is 1.77. The van der Waals surface area contributed by atoms with Gasteiger partial charge in [0, 0.05) is 12.0 Å². The molecular weight excluding hydrogens is 178 g/mol. The molecule has 64 valence electrons. The van der Waals surface area contributed by atoms with Crippen LogP contribution < -0.4 is 5.32 Å². The summed E-state index contributed by atoms with van der Waals surface area (Å²) in [6.07, 6.45) is 1.98. The number of halogens is 1. The van der Waals surface area contributed by atoms with Crippen molar-refractivity contribution >= 4 is 23.3 Å². The van der Waals surface area contributed by atoms with Gasteiger partial charge in [-0.15, -0.1) is 0 Å². The van der Waals surface area contributed by atoms with Crippen molar-refractivity contribution in [3.8, 4) is 0 Å². The lowest BCUT2D eigenvalue weighted by Crippen LogP contribution is -2.13. The zero-order valence-corrected chi connectivity index (χ0v) is 7.06. The topological polar surface area (TPSA) is 57.8 Å². The van der Waals surface area contributed by atoms with Crippen molar-refractivity contribution in [2.24, 2.45) is 5.92 Å². The molecular formula is C7H8ClN3O. The predicted molar refractivity (Wildman–Crippen MR) is 45.0 cm³/mol. The largest absolute Gasteiger partial charge is 0.309 e. The van der Waals surface area contributed by atoms with E-state index in [1.54, 1.807) is 6.07 Å². The van der Waals surface area contributed by atoms with Gasteiger partial charge in [0.15, 0.2) is 5.82 Å². The maximum absolute atomic E-state index is 11.2. The van der Waals surface area contributed by atoms with Gasteiger partial charge in [0.2, 0.25) is 5.91 Å². The number of carbonyl (C=O) groups is 1. The molecule has 0 aromatic carbocycles. The van der Waals surface area contributed by atoms with Gasteiger partial charge in [0.05, 0.1) is 0 Å².